The Balaban J connectivity index is 1.02. The molecule has 0 spiro atoms. The van der Waals surface area contributed by atoms with Crippen molar-refractivity contribution in [1.82, 2.24) is 4.90 Å². The first-order valence-electron chi connectivity index (χ1n) is 11.4. The summed E-state index contributed by atoms with van der Waals surface area (Å²) >= 11 is 5.80. The summed E-state index contributed by atoms with van der Waals surface area (Å²) in [6, 6.07) is 6.43. The lowest BCUT2D eigenvalue weighted by Gasteiger charge is -2.37. The molecule has 1 saturated heterocycles. The second kappa shape index (κ2) is 8.47. The minimum atomic E-state index is -0.423. The average molecular weight is 456 g/mol. The molecule has 1 heterocycles. The molecular weight excluding hydrogens is 430 g/mol. The number of ketones is 1. The van der Waals surface area contributed by atoms with Crippen LogP contribution >= 0.6 is 11.6 Å². The van der Waals surface area contributed by atoms with Gasteiger partial charge in [0.15, 0.2) is 12.4 Å². The highest BCUT2D eigenvalue weighted by atomic mass is 35.5. The van der Waals surface area contributed by atoms with Crippen LogP contribution in [0.4, 0.5) is 0 Å². The van der Waals surface area contributed by atoms with Crippen LogP contribution < -0.4 is 0 Å². The number of likely N-dealkylation sites (tertiary alicyclic amines) is 1. The van der Waals surface area contributed by atoms with Crippen molar-refractivity contribution in [2.45, 2.75) is 32.1 Å². The average Bonchev–Trinajstić information content (AvgIpc) is 3.57. The lowest BCUT2D eigenvalue weighted by atomic mass is 9.63. The molecule has 168 valence electrons. The smallest absolute Gasteiger partial charge is 0.306 e. The molecule has 3 fully saturated rings. The molecule has 2 bridgehead atoms. The van der Waals surface area contributed by atoms with Crippen molar-refractivity contribution >= 4 is 35.2 Å². The van der Waals surface area contributed by atoms with E-state index in [4.69, 9.17) is 16.3 Å². The number of amides is 2. The van der Waals surface area contributed by atoms with E-state index < -0.39 is 5.97 Å². The molecule has 0 radical (unpaired) electrons. The topological polar surface area (TPSA) is 80.8 Å². The molecule has 6 atom stereocenters. The summed E-state index contributed by atoms with van der Waals surface area (Å²) in [6.45, 7) is 0.127. The Bertz CT molecular complexity index is 951. The van der Waals surface area contributed by atoms with Crippen LogP contribution in [0.25, 0.3) is 0 Å². The summed E-state index contributed by atoms with van der Waals surface area (Å²) < 4.78 is 5.06. The second-order valence-corrected chi connectivity index (χ2v) is 9.82. The maximum absolute atomic E-state index is 12.9. The van der Waals surface area contributed by atoms with Crippen LogP contribution in [-0.2, 0) is 19.1 Å². The van der Waals surface area contributed by atoms with Crippen molar-refractivity contribution in [1.29, 1.82) is 0 Å². The van der Waals surface area contributed by atoms with Crippen LogP contribution in [0, 0.1) is 35.5 Å². The van der Waals surface area contributed by atoms with E-state index in [0.29, 0.717) is 48.2 Å². The molecule has 0 aromatic heterocycles. The van der Waals surface area contributed by atoms with Gasteiger partial charge in [-0.2, -0.15) is 0 Å². The van der Waals surface area contributed by atoms with Crippen molar-refractivity contribution < 1.29 is 23.9 Å². The molecule has 1 aliphatic heterocycles. The van der Waals surface area contributed by atoms with E-state index in [1.807, 2.05) is 0 Å². The van der Waals surface area contributed by atoms with E-state index in [0.717, 1.165) is 6.42 Å². The quantitative estimate of drug-likeness (QED) is 0.186. The zero-order chi connectivity index (χ0) is 22.4. The standard InChI is InChI=1S/C25H26ClNO5/c26-15-7-5-14(6-8-15)20(28)13-32-21(29)4-2-1-3-11-27-24(30)22-16-9-10-17(19-12-18(16)19)23(22)25(27)31/h5-10,16-19,22-23H,1-4,11-13H2/t16-,17-,18-,19+,22+,23+/m0/s1. The van der Waals surface area contributed by atoms with E-state index in [9.17, 15) is 19.2 Å². The molecule has 0 unspecified atom stereocenters. The van der Waals surface area contributed by atoms with Crippen LogP contribution in [-0.4, -0.2) is 41.6 Å². The predicted molar refractivity (Wildman–Crippen MR) is 117 cm³/mol. The normalized spacial score (nSPS) is 31.5. The van der Waals surface area contributed by atoms with Crippen LogP contribution in [0.15, 0.2) is 36.4 Å². The molecule has 7 heteroatoms. The van der Waals surface area contributed by atoms with E-state index in [2.05, 4.69) is 12.2 Å². The van der Waals surface area contributed by atoms with Gasteiger partial charge in [-0.15, -0.1) is 0 Å². The molecule has 1 aromatic rings. The number of hydrogen-bond acceptors (Lipinski definition) is 5. The van der Waals surface area contributed by atoms with Gasteiger partial charge < -0.3 is 4.74 Å². The van der Waals surface area contributed by atoms with E-state index in [-0.39, 0.29) is 54.3 Å². The van der Waals surface area contributed by atoms with Crippen molar-refractivity contribution in [3.05, 3.63) is 47.0 Å². The van der Waals surface area contributed by atoms with Gasteiger partial charge in [0, 0.05) is 23.6 Å². The maximum Gasteiger partial charge on any atom is 0.306 e. The summed E-state index contributed by atoms with van der Waals surface area (Å²) in [5.41, 5.74) is 0.448. The Kier molecular flexibility index (Phi) is 5.66. The highest BCUT2D eigenvalue weighted by Gasteiger charge is 2.66. The maximum atomic E-state index is 12.9. The van der Waals surface area contributed by atoms with Gasteiger partial charge in [0.05, 0.1) is 11.8 Å². The van der Waals surface area contributed by atoms with E-state index in [1.165, 1.54) is 4.90 Å². The van der Waals surface area contributed by atoms with Gasteiger partial charge in [0.1, 0.15) is 0 Å². The number of rotatable bonds is 9. The van der Waals surface area contributed by atoms with E-state index >= 15 is 0 Å². The third-order valence-corrected chi connectivity index (χ3v) is 7.80. The fraction of sp³-hybridized carbons (Fsp3) is 0.520. The van der Waals surface area contributed by atoms with Gasteiger partial charge in [-0.3, -0.25) is 24.1 Å². The fourth-order valence-electron chi connectivity index (χ4n) is 5.89. The minimum Gasteiger partial charge on any atom is -0.457 e. The minimum absolute atomic E-state index is 0.00446. The lowest BCUT2D eigenvalue weighted by Crippen LogP contribution is -2.40. The fourth-order valence-corrected chi connectivity index (χ4v) is 6.02. The molecule has 2 amide bonds. The Hall–Kier alpha value is -2.47. The SMILES string of the molecule is O=C(CCCCCN1C(=O)[C@@H]2[C@H]3C=C[C@@H]([C@@H]4C[C@H]34)[C@H]2C1=O)OCC(=O)c1ccc(Cl)cc1. The number of unbranched alkanes of at least 4 members (excludes halogenated alkanes) is 2. The first-order chi connectivity index (χ1) is 15.5. The molecule has 2 saturated carbocycles. The predicted octanol–water partition coefficient (Wildman–Crippen LogP) is 3.68. The van der Waals surface area contributed by atoms with Crippen molar-refractivity contribution in [2.75, 3.05) is 13.2 Å². The van der Waals surface area contributed by atoms with Gasteiger partial charge in [-0.1, -0.05) is 30.2 Å². The summed E-state index contributed by atoms with van der Waals surface area (Å²) in [5.74, 6) is 0.750. The molecule has 32 heavy (non-hydrogen) atoms. The number of imide groups is 1. The molecule has 1 aromatic carbocycles. The Morgan fingerprint density at radius 1 is 0.938 bits per heavy atom. The van der Waals surface area contributed by atoms with Crippen LogP contribution in [0.1, 0.15) is 42.5 Å². The lowest BCUT2D eigenvalue weighted by molar-refractivity contribution is -0.143. The molecular formula is C25H26ClNO5. The number of hydrogen-bond donors (Lipinski definition) is 0. The number of esters is 1. The third-order valence-electron chi connectivity index (χ3n) is 7.55. The van der Waals surface area contributed by atoms with Crippen molar-refractivity contribution in [3.63, 3.8) is 0 Å². The van der Waals surface area contributed by atoms with Crippen LogP contribution in [0.2, 0.25) is 5.02 Å². The first kappa shape index (κ1) is 21.4. The molecule has 6 nitrogen and oxygen atoms in total. The molecule has 6 rings (SSSR count). The number of halogens is 1. The molecule has 0 N–H and O–H groups in total. The van der Waals surface area contributed by atoms with Crippen LogP contribution in [0.5, 0.6) is 0 Å². The second-order valence-electron chi connectivity index (χ2n) is 9.38. The largest absolute Gasteiger partial charge is 0.457 e. The number of nitrogens with zero attached hydrogens (tertiary/aromatic N) is 1. The number of allylic oxidation sites excluding steroid dienone is 2. The van der Waals surface area contributed by atoms with Gasteiger partial charge in [0.25, 0.3) is 0 Å². The van der Waals surface area contributed by atoms with Gasteiger partial charge in [-0.05, 0) is 67.2 Å². The van der Waals surface area contributed by atoms with Gasteiger partial charge in [0.2, 0.25) is 11.8 Å². The Morgan fingerprint density at radius 3 is 2.19 bits per heavy atom. The Morgan fingerprint density at radius 2 is 1.56 bits per heavy atom. The first-order valence-corrected chi connectivity index (χ1v) is 11.8. The van der Waals surface area contributed by atoms with Crippen molar-refractivity contribution in [2.24, 2.45) is 35.5 Å². The van der Waals surface area contributed by atoms with Crippen molar-refractivity contribution in [3.8, 4) is 0 Å². The molecule has 4 aliphatic carbocycles. The number of benzene rings is 1. The zero-order valence-electron chi connectivity index (χ0n) is 17.7. The third kappa shape index (κ3) is 3.79. The summed E-state index contributed by atoms with van der Waals surface area (Å²) in [7, 11) is 0. The number of carbonyl (C=O) groups excluding carboxylic acids is 4. The summed E-state index contributed by atoms with van der Waals surface area (Å²) in [6.07, 6.45) is 7.70. The zero-order valence-corrected chi connectivity index (χ0v) is 18.5. The van der Waals surface area contributed by atoms with Crippen LogP contribution in [0.3, 0.4) is 0 Å². The molecule has 5 aliphatic rings. The van der Waals surface area contributed by atoms with Gasteiger partial charge >= 0.3 is 5.97 Å². The number of carbonyl (C=O) groups is 4. The highest BCUT2D eigenvalue weighted by Crippen LogP contribution is 2.65. The number of Topliss-reactive ketones (excluding diaryl/α,β-unsaturated/α-hetero) is 1. The monoisotopic (exact) mass is 455 g/mol. The highest BCUT2D eigenvalue weighted by molar-refractivity contribution is 6.30. The number of ether oxygens (including phenoxy) is 1. The summed E-state index contributed by atoms with van der Waals surface area (Å²) in [4.78, 5) is 51.3. The Labute approximate surface area is 191 Å². The van der Waals surface area contributed by atoms with E-state index in [1.54, 1.807) is 24.3 Å². The summed E-state index contributed by atoms with van der Waals surface area (Å²) in [5, 5.41) is 0.537. The van der Waals surface area contributed by atoms with Gasteiger partial charge in [-0.25, -0.2) is 0 Å².